The molecule has 19 heavy (non-hydrogen) atoms. The maximum absolute atomic E-state index is 6.16. The molecule has 0 fully saturated rings. The van der Waals surface area contributed by atoms with Crippen molar-refractivity contribution in [3.63, 3.8) is 0 Å². The molecule has 0 saturated carbocycles. The van der Waals surface area contributed by atoms with Crippen LogP contribution in [0.5, 0.6) is 0 Å². The van der Waals surface area contributed by atoms with Gasteiger partial charge in [-0.25, -0.2) is 0 Å². The van der Waals surface area contributed by atoms with Crippen LogP contribution in [-0.4, -0.2) is 25.9 Å². The first-order chi connectivity index (χ1) is 9.04. The normalized spacial score (nSPS) is 14.8. The van der Waals surface area contributed by atoms with Crippen molar-refractivity contribution in [2.75, 3.05) is 19.8 Å². The quantitative estimate of drug-likeness (QED) is 0.706. The van der Waals surface area contributed by atoms with Crippen LogP contribution < -0.4 is 5.73 Å². The molecule has 0 aliphatic rings. The Morgan fingerprint density at radius 2 is 2.00 bits per heavy atom. The van der Waals surface area contributed by atoms with E-state index in [-0.39, 0.29) is 12.1 Å². The molecule has 0 spiro atoms. The summed E-state index contributed by atoms with van der Waals surface area (Å²) >= 11 is 1.76. The first-order valence-electron chi connectivity index (χ1n) is 7.05. The lowest BCUT2D eigenvalue weighted by Gasteiger charge is -2.22. The topological polar surface area (TPSA) is 44.5 Å². The predicted octanol–water partition coefficient (Wildman–Crippen LogP) is 3.52. The second-order valence-electron chi connectivity index (χ2n) is 5.28. The van der Waals surface area contributed by atoms with E-state index in [2.05, 4.69) is 39.8 Å². The van der Waals surface area contributed by atoms with E-state index in [0.29, 0.717) is 19.1 Å². The van der Waals surface area contributed by atoms with Gasteiger partial charge in [0.2, 0.25) is 0 Å². The van der Waals surface area contributed by atoms with Crippen LogP contribution >= 0.6 is 11.3 Å². The van der Waals surface area contributed by atoms with Gasteiger partial charge < -0.3 is 15.2 Å². The molecule has 0 radical (unpaired) electrons. The summed E-state index contributed by atoms with van der Waals surface area (Å²) in [6, 6.07) is 4.28. The highest BCUT2D eigenvalue weighted by Crippen LogP contribution is 2.28. The minimum absolute atomic E-state index is 0.00801. The molecular formula is C15H27NO2S. The molecule has 1 aromatic heterocycles. The third-order valence-electron chi connectivity index (χ3n) is 2.88. The molecule has 110 valence electrons. The Hall–Kier alpha value is -0.420. The van der Waals surface area contributed by atoms with E-state index >= 15 is 0 Å². The largest absolute Gasteiger partial charge is 0.379 e. The summed E-state index contributed by atoms with van der Waals surface area (Å²) in [6.07, 6.45) is 0.903. The predicted molar refractivity (Wildman–Crippen MR) is 81.7 cm³/mol. The smallest absolute Gasteiger partial charge is 0.107 e. The van der Waals surface area contributed by atoms with Gasteiger partial charge in [0, 0.05) is 22.4 Å². The summed E-state index contributed by atoms with van der Waals surface area (Å²) < 4.78 is 11.5. The lowest BCUT2D eigenvalue weighted by atomic mass is 10.1. The highest BCUT2D eigenvalue weighted by atomic mass is 32.1. The molecule has 0 aliphatic carbocycles. The van der Waals surface area contributed by atoms with Crippen LogP contribution in [0.15, 0.2) is 12.1 Å². The van der Waals surface area contributed by atoms with Crippen molar-refractivity contribution in [1.82, 2.24) is 0 Å². The monoisotopic (exact) mass is 285 g/mol. The second-order valence-corrected chi connectivity index (χ2v) is 6.60. The van der Waals surface area contributed by atoms with E-state index in [4.69, 9.17) is 15.2 Å². The fraction of sp³-hybridized carbons (Fsp3) is 0.733. The Kier molecular flexibility index (Phi) is 7.61. The Labute approximate surface area is 121 Å². The Bertz CT molecular complexity index is 352. The van der Waals surface area contributed by atoms with E-state index < -0.39 is 0 Å². The van der Waals surface area contributed by atoms with E-state index in [1.54, 1.807) is 11.3 Å². The molecule has 3 nitrogen and oxygen atoms in total. The molecule has 0 bridgehead atoms. The molecule has 2 unspecified atom stereocenters. The number of aryl methyl sites for hydroxylation is 1. The summed E-state index contributed by atoms with van der Waals surface area (Å²) in [6.45, 7) is 10.5. The number of rotatable bonds is 9. The van der Waals surface area contributed by atoms with Crippen LogP contribution in [0.4, 0.5) is 0 Å². The van der Waals surface area contributed by atoms with Crippen molar-refractivity contribution in [1.29, 1.82) is 0 Å². The van der Waals surface area contributed by atoms with Gasteiger partial charge in [-0.05, 0) is 31.4 Å². The summed E-state index contributed by atoms with van der Waals surface area (Å²) in [5.41, 5.74) is 6.16. The first kappa shape index (κ1) is 16.6. The SMILES string of the molecule is CCC(N)C(OCCOCC(C)C)c1ccc(C)s1. The average Bonchev–Trinajstić information content (AvgIpc) is 2.79. The van der Waals surface area contributed by atoms with Crippen LogP contribution in [0.25, 0.3) is 0 Å². The first-order valence-corrected chi connectivity index (χ1v) is 7.87. The minimum Gasteiger partial charge on any atom is -0.379 e. The second kappa shape index (κ2) is 8.69. The van der Waals surface area contributed by atoms with Gasteiger partial charge in [0.1, 0.15) is 6.10 Å². The van der Waals surface area contributed by atoms with Gasteiger partial charge in [0.15, 0.2) is 0 Å². The molecular weight excluding hydrogens is 258 g/mol. The molecule has 1 aromatic rings. The van der Waals surface area contributed by atoms with Crippen molar-refractivity contribution in [3.05, 3.63) is 21.9 Å². The molecule has 2 atom stereocenters. The summed E-state index contributed by atoms with van der Waals surface area (Å²) in [5.74, 6) is 0.564. The number of hydrogen-bond acceptors (Lipinski definition) is 4. The lowest BCUT2D eigenvalue weighted by Crippen LogP contribution is -2.30. The highest BCUT2D eigenvalue weighted by molar-refractivity contribution is 7.12. The van der Waals surface area contributed by atoms with Gasteiger partial charge in [-0.2, -0.15) is 0 Å². The van der Waals surface area contributed by atoms with Crippen LogP contribution in [-0.2, 0) is 9.47 Å². The molecule has 0 saturated heterocycles. The summed E-state index contributed by atoms with van der Waals surface area (Å²) in [5, 5.41) is 0. The molecule has 0 amide bonds. The maximum atomic E-state index is 6.16. The zero-order valence-corrected chi connectivity index (χ0v) is 13.3. The molecule has 1 rings (SSSR count). The Balaban J connectivity index is 2.43. The third-order valence-corrected chi connectivity index (χ3v) is 3.94. The van der Waals surface area contributed by atoms with Gasteiger partial charge in [-0.3, -0.25) is 0 Å². The maximum Gasteiger partial charge on any atom is 0.107 e. The number of ether oxygens (including phenoxy) is 2. The van der Waals surface area contributed by atoms with Crippen LogP contribution in [0.2, 0.25) is 0 Å². The van der Waals surface area contributed by atoms with Crippen LogP contribution in [0, 0.1) is 12.8 Å². The van der Waals surface area contributed by atoms with Crippen molar-refractivity contribution < 1.29 is 9.47 Å². The van der Waals surface area contributed by atoms with Crippen molar-refractivity contribution in [2.45, 2.75) is 46.3 Å². The molecule has 0 aliphatic heterocycles. The zero-order valence-electron chi connectivity index (χ0n) is 12.5. The third kappa shape index (κ3) is 6.04. The van der Waals surface area contributed by atoms with Crippen molar-refractivity contribution >= 4 is 11.3 Å². The van der Waals surface area contributed by atoms with Gasteiger partial charge >= 0.3 is 0 Å². The van der Waals surface area contributed by atoms with E-state index in [0.717, 1.165) is 13.0 Å². The molecule has 0 aromatic carbocycles. The fourth-order valence-corrected chi connectivity index (χ4v) is 2.79. The number of thiophene rings is 1. The Morgan fingerprint density at radius 1 is 1.26 bits per heavy atom. The minimum atomic E-state index is -0.00801. The standard InChI is InChI=1S/C15H27NO2S/c1-5-13(16)15(14-7-6-12(4)19-14)18-9-8-17-10-11(2)3/h6-7,11,13,15H,5,8-10,16H2,1-4H3. The number of nitrogens with two attached hydrogens (primary N) is 1. The Morgan fingerprint density at radius 3 is 2.53 bits per heavy atom. The molecule has 4 heteroatoms. The van der Waals surface area contributed by atoms with Crippen LogP contribution in [0.1, 0.15) is 43.1 Å². The van der Waals surface area contributed by atoms with E-state index in [1.807, 2.05) is 0 Å². The average molecular weight is 285 g/mol. The fourth-order valence-electron chi connectivity index (χ4n) is 1.79. The van der Waals surface area contributed by atoms with Gasteiger partial charge in [0.05, 0.1) is 13.2 Å². The van der Waals surface area contributed by atoms with Crippen molar-refractivity contribution in [2.24, 2.45) is 11.7 Å². The summed E-state index contributed by atoms with van der Waals surface area (Å²) in [4.78, 5) is 2.51. The van der Waals surface area contributed by atoms with Crippen molar-refractivity contribution in [3.8, 4) is 0 Å². The molecule has 1 heterocycles. The van der Waals surface area contributed by atoms with E-state index in [1.165, 1.54) is 9.75 Å². The highest BCUT2D eigenvalue weighted by Gasteiger charge is 2.20. The number of hydrogen-bond donors (Lipinski definition) is 1. The van der Waals surface area contributed by atoms with Gasteiger partial charge in [0.25, 0.3) is 0 Å². The van der Waals surface area contributed by atoms with Crippen LogP contribution in [0.3, 0.4) is 0 Å². The van der Waals surface area contributed by atoms with Gasteiger partial charge in [-0.1, -0.05) is 20.8 Å². The summed E-state index contributed by atoms with van der Waals surface area (Å²) in [7, 11) is 0. The zero-order chi connectivity index (χ0) is 14.3. The molecule has 2 N–H and O–H groups in total. The van der Waals surface area contributed by atoms with E-state index in [9.17, 15) is 0 Å². The lowest BCUT2D eigenvalue weighted by molar-refractivity contribution is -0.0108. The van der Waals surface area contributed by atoms with Gasteiger partial charge in [-0.15, -0.1) is 11.3 Å².